The van der Waals surface area contributed by atoms with Crippen molar-refractivity contribution in [2.75, 3.05) is 36.6 Å². The Bertz CT molecular complexity index is 679. The number of hydrazone groups is 1. The number of ether oxygens (including phenoxy) is 1. The molecule has 3 rings (SSSR count). The van der Waals surface area contributed by atoms with E-state index in [-0.39, 0.29) is 0 Å². The monoisotopic (exact) mass is 329 g/mol. The summed E-state index contributed by atoms with van der Waals surface area (Å²) < 4.78 is 5.39. The third kappa shape index (κ3) is 4.24. The summed E-state index contributed by atoms with van der Waals surface area (Å²) in [5.74, 6) is 0. The molecule has 1 N–H and O–H groups in total. The van der Waals surface area contributed by atoms with Crippen molar-refractivity contribution < 1.29 is 4.74 Å². The second kappa shape index (κ2) is 7.49. The minimum Gasteiger partial charge on any atom is -0.378 e. The van der Waals surface area contributed by atoms with E-state index in [0.717, 1.165) is 43.3 Å². The predicted molar refractivity (Wildman–Crippen MR) is 96.8 cm³/mol. The Morgan fingerprint density at radius 2 is 1.87 bits per heavy atom. The molecule has 2 aromatic carbocycles. The van der Waals surface area contributed by atoms with Crippen LogP contribution in [0.25, 0.3) is 0 Å². The summed E-state index contributed by atoms with van der Waals surface area (Å²) in [4.78, 5) is 2.34. The number of anilines is 2. The number of halogens is 1. The van der Waals surface area contributed by atoms with Gasteiger partial charge in [0.05, 0.1) is 24.6 Å². The first-order valence-corrected chi connectivity index (χ1v) is 8.09. The molecule has 2 aromatic rings. The van der Waals surface area contributed by atoms with Crippen molar-refractivity contribution >= 4 is 28.7 Å². The van der Waals surface area contributed by atoms with Crippen LogP contribution in [0.15, 0.2) is 53.6 Å². The molecule has 0 amide bonds. The van der Waals surface area contributed by atoms with E-state index in [1.165, 1.54) is 5.69 Å². The topological polar surface area (TPSA) is 36.9 Å². The fourth-order valence-electron chi connectivity index (χ4n) is 2.51. The van der Waals surface area contributed by atoms with Gasteiger partial charge in [-0.25, -0.2) is 0 Å². The summed E-state index contributed by atoms with van der Waals surface area (Å²) in [6.45, 7) is 5.48. The zero-order valence-corrected chi connectivity index (χ0v) is 13.9. The Morgan fingerprint density at radius 1 is 1.13 bits per heavy atom. The van der Waals surface area contributed by atoms with Gasteiger partial charge in [-0.2, -0.15) is 5.10 Å². The molecular formula is C18H20ClN3O. The minimum absolute atomic E-state index is 0.692. The van der Waals surface area contributed by atoms with E-state index < -0.39 is 0 Å². The van der Waals surface area contributed by atoms with E-state index in [0.29, 0.717) is 5.02 Å². The molecule has 1 heterocycles. The van der Waals surface area contributed by atoms with Crippen molar-refractivity contribution in [3.05, 3.63) is 59.1 Å². The van der Waals surface area contributed by atoms with Crippen molar-refractivity contribution in [1.82, 2.24) is 0 Å². The Hall–Kier alpha value is -2.04. The third-order valence-electron chi connectivity index (χ3n) is 3.84. The number of morpholine rings is 1. The highest BCUT2D eigenvalue weighted by molar-refractivity contribution is 6.30. The van der Waals surface area contributed by atoms with E-state index >= 15 is 0 Å². The van der Waals surface area contributed by atoms with E-state index in [1.807, 2.05) is 31.2 Å². The van der Waals surface area contributed by atoms with Crippen LogP contribution in [-0.4, -0.2) is 32.0 Å². The number of benzene rings is 2. The fraction of sp³-hybridized carbons (Fsp3) is 0.278. The fourth-order valence-corrected chi connectivity index (χ4v) is 2.70. The maximum absolute atomic E-state index is 5.97. The molecule has 4 nitrogen and oxygen atoms in total. The quantitative estimate of drug-likeness (QED) is 0.680. The first-order valence-electron chi connectivity index (χ1n) is 7.71. The van der Waals surface area contributed by atoms with Crippen molar-refractivity contribution in [2.24, 2.45) is 5.10 Å². The van der Waals surface area contributed by atoms with Gasteiger partial charge in [0.15, 0.2) is 0 Å². The molecule has 0 radical (unpaired) electrons. The normalized spacial score (nSPS) is 15.6. The molecule has 1 saturated heterocycles. The SMILES string of the molecule is C/C(=N/Nc1cccc(Cl)c1)c1ccc(N2CCOCC2)cc1. The highest BCUT2D eigenvalue weighted by Crippen LogP contribution is 2.18. The van der Waals surface area contributed by atoms with Crippen LogP contribution in [0.3, 0.4) is 0 Å². The Balaban J connectivity index is 1.67. The number of nitrogens with zero attached hydrogens (tertiary/aromatic N) is 2. The smallest absolute Gasteiger partial charge is 0.0648 e. The summed E-state index contributed by atoms with van der Waals surface area (Å²) >= 11 is 5.97. The van der Waals surface area contributed by atoms with Crippen LogP contribution in [0.5, 0.6) is 0 Å². The Kier molecular flexibility index (Phi) is 5.16. The van der Waals surface area contributed by atoms with Crippen molar-refractivity contribution in [3.63, 3.8) is 0 Å². The molecule has 1 fully saturated rings. The average molecular weight is 330 g/mol. The summed E-state index contributed by atoms with van der Waals surface area (Å²) in [5, 5.41) is 5.11. The second-order valence-corrected chi connectivity index (χ2v) is 5.90. The number of hydrogen-bond acceptors (Lipinski definition) is 4. The van der Waals surface area contributed by atoms with Gasteiger partial charge < -0.3 is 9.64 Å². The van der Waals surface area contributed by atoms with Crippen molar-refractivity contribution in [2.45, 2.75) is 6.92 Å². The molecule has 5 heteroatoms. The van der Waals surface area contributed by atoms with Crippen LogP contribution >= 0.6 is 11.6 Å². The molecule has 0 aliphatic carbocycles. The van der Waals surface area contributed by atoms with Crippen molar-refractivity contribution in [3.8, 4) is 0 Å². The van der Waals surface area contributed by atoms with E-state index in [4.69, 9.17) is 16.3 Å². The van der Waals surface area contributed by atoms with Gasteiger partial charge in [0, 0.05) is 23.8 Å². The highest BCUT2D eigenvalue weighted by atomic mass is 35.5. The molecule has 0 saturated carbocycles. The van der Waals surface area contributed by atoms with Gasteiger partial charge in [-0.05, 0) is 42.8 Å². The van der Waals surface area contributed by atoms with Gasteiger partial charge in [-0.15, -0.1) is 0 Å². The summed E-state index contributed by atoms with van der Waals surface area (Å²) in [6.07, 6.45) is 0. The van der Waals surface area contributed by atoms with E-state index in [9.17, 15) is 0 Å². The zero-order chi connectivity index (χ0) is 16.1. The third-order valence-corrected chi connectivity index (χ3v) is 4.07. The largest absolute Gasteiger partial charge is 0.378 e. The van der Waals surface area contributed by atoms with Crippen LogP contribution in [0.4, 0.5) is 11.4 Å². The highest BCUT2D eigenvalue weighted by Gasteiger charge is 2.11. The molecule has 1 aliphatic rings. The van der Waals surface area contributed by atoms with Crippen LogP contribution in [-0.2, 0) is 4.74 Å². The second-order valence-electron chi connectivity index (χ2n) is 5.47. The maximum Gasteiger partial charge on any atom is 0.0648 e. The number of hydrogen-bond donors (Lipinski definition) is 1. The molecule has 23 heavy (non-hydrogen) atoms. The first kappa shape index (κ1) is 15.8. The minimum atomic E-state index is 0.692. The van der Waals surface area contributed by atoms with Crippen LogP contribution in [0.1, 0.15) is 12.5 Å². The maximum atomic E-state index is 5.97. The van der Waals surface area contributed by atoms with Crippen LogP contribution in [0, 0.1) is 0 Å². The van der Waals surface area contributed by atoms with E-state index in [1.54, 1.807) is 0 Å². The van der Waals surface area contributed by atoms with Crippen molar-refractivity contribution in [1.29, 1.82) is 0 Å². The lowest BCUT2D eigenvalue weighted by Gasteiger charge is -2.28. The number of rotatable bonds is 4. The Labute approximate surface area is 141 Å². The molecule has 0 atom stereocenters. The average Bonchev–Trinajstić information content (AvgIpc) is 2.61. The van der Waals surface area contributed by atoms with Gasteiger partial charge >= 0.3 is 0 Å². The lowest BCUT2D eigenvalue weighted by atomic mass is 10.1. The zero-order valence-electron chi connectivity index (χ0n) is 13.1. The summed E-state index contributed by atoms with van der Waals surface area (Å²) in [5.41, 5.74) is 7.17. The molecule has 0 bridgehead atoms. The lowest BCUT2D eigenvalue weighted by molar-refractivity contribution is 0.122. The molecule has 0 aromatic heterocycles. The molecule has 1 aliphatic heterocycles. The summed E-state index contributed by atoms with van der Waals surface area (Å²) in [6, 6.07) is 16.0. The molecule has 0 spiro atoms. The first-order chi connectivity index (χ1) is 11.2. The molecule has 0 unspecified atom stereocenters. The van der Waals surface area contributed by atoms with Gasteiger partial charge in [-0.3, -0.25) is 5.43 Å². The van der Waals surface area contributed by atoms with Gasteiger partial charge in [0.2, 0.25) is 0 Å². The lowest BCUT2D eigenvalue weighted by Crippen LogP contribution is -2.36. The van der Waals surface area contributed by atoms with Crippen LogP contribution in [0.2, 0.25) is 5.02 Å². The standard InChI is InChI=1S/C18H20ClN3O/c1-14(20-21-17-4-2-3-16(19)13-17)15-5-7-18(8-6-15)22-9-11-23-12-10-22/h2-8,13,21H,9-12H2,1H3/b20-14-. The summed E-state index contributed by atoms with van der Waals surface area (Å²) in [7, 11) is 0. The van der Waals surface area contributed by atoms with Gasteiger partial charge in [0.1, 0.15) is 0 Å². The Morgan fingerprint density at radius 3 is 2.57 bits per heavy atom. The number of nitrogens with one attached hydrogen (secondary N) is 1. The van der Waals surface area contributed by atoms with E-state index in [2.05, 4.69) is 39.7 Å². The van der Waals surface area contributed by atoms with Gasteiger partial charge in [-0.1, -0.05) is 29.8 Å². The van der Waals surface area contributed by atoms with Crippen LogP contribution < -0.4 is 10.3 Å². The molecular weight excluding hydrogens is 310 g/mol. The van der Waals surface area contributed by atoms with Gasteiger partial charge in [0.25, 0.3) is 0 Å². The molecule has 120 valence electrons. The predicted octanol–water partition coefficient (Wildman–Crippen LogP) is 4.01.